The van der Waals surface area contributed by atoms with Crippen LogP contribution in [-0.2, 0) is 16.4 Å². The van der Waals surface area contributed by atoms with Gasteiger partial charge in [0.25, 0.3) is 0 Å². The molecule has 0 saturated heterocycles. The summed E-state index contributed by atoms with van der Waals surface area (Å²) in [6.45, 7) is 0.250. The molecule has 2 rings (SSSR count). The van der Waals surface area contributed by atoms with Crippen molar-refractivity contribution in [2.45, 2.75) is 11.3 Å². The number of hydrogen-bond donors (Lipinski definition) is 1. The van der Waals surface area contributed by atoms with Crippen LogP contribution < -0.4 is 5.73 Å². The maximum absolute atomic E-state index is 13.8. The van der Waals surface area contributed by atoms with Gasteiger partial charge < -0.3 is 5.73 Å². The van der Waals surface area contributed by atoms with Gasteiger partial charge in [0, 0.05) is 13.6 Å². The van der Waals surface area contributed by atoms with Gasteiger partial charge in [0.2, 0.25) is 10.0 Å². The standard InChI is InChI=1S/C15H17FN2O2S/c1-18(11-10-12-6-3-2-4-7-12)21(19,20)15-13(16)8-5-9-14(15)17/h2-9H,10-11,17H2,1H3. The highest BCUT2D eigenvalue weighted by Gasteiger charge is 2.26. The van der Waals surface area contributed by atoms with E-state index >= 15 is 0 Å². The Hall–Kier alpha value is -1.92. The van der Waals surface area contributed by atoms with Crippen molar-refractivity contribution in [2.75, 3.05) is 19.3 Å². The smallest absolute Gasteiger partial charge is 0.247 e. The summed E-state index contributed by atoms with van der Waals surface area (Å²) in [4.78, 5) is -0.458. The van der Waals surface area contributed by atoms with Gasteiger partial charge in [0.05, 0.1) is 5.69 Å². The fourth-order valence-electron chi connectivity index (χ4n) is 2.00. The maximum Gasteiger partial charge on any atom is 0.247 e. The highest BCUT2D eigenvalue weighted by atomic mass is 32.2. The molecule has 0 atom stereocenters. The van der Waals surface area contributed by atoms with Gasteiger partial charge in [-0.05, 0) is 24.1 Å². The van der Waals surface area contributed by atoms with E-state index in [0.717, 1.165) is 15.9 Å². The molecule has 0 bridgehead atoms. The predicted molar refractivity (Wildman–Crippen MR) is 80.8 cm³/mol. The molecule has 0 fully saturated rings. The second-order valence-electron chi connectivity index (χ2n) is 4.72. The zero-order valence-corrected chi connectivity index (χ0v) is 12.5. The topological polar surface area (TPSA) is 63.4 Å². The highest BCUT2D eigenvalue weighted by molar-refractivity contribution is 7.89. The Kier molecular flexibility index (Phi) is 4.59. The summed E-state index contributed by atoms with van der Waals surface area (Å²) in [5.74, 6) is -0.832. The summed E-state index contributed by atoms with van der Waals surface area (Å²) in [6, 6.07) is 13.3. The summed E-state index contributed by atoms with van der Waals surface area (Å²) in [6.07, 6.45) is 0.547. The number of hydrogen-bond acceptors (Lipinski definition) is 3. The van der Waals surface area contributed by atoms with E-state index in [0.29, 0.717) is 6.42 Å². The first-order valence-electron chi connectivity index (χ1n) is 6.47. The molecule has 0 saturated carbocycles. The van der Waals surface area contributed by atoms with Crippen molar-refractivity contribution in [3.05, 3.63) is 59.9 Å². The van der Waals surface area contributed by atoms with E-state index in [1.807, 2.05) is 30.3 Å². The van der Waals surface area contributed by atoms with E-state index < -0.39 is 20.7 Å². The van der Waals surface area contributed by atoms with Crippen molar-refractivity contribution >= 4 is 15.7 Å². The van der Waals surface area contributed by atoms with Crippen molar-refractivity contribution in [1.29, 1.82) is 0 Å². The molecular formula is C15H17FN2O2S. The minimum Gasteiger partial charge on any atom is -0.398 e. The molecule has 2 aromatic carbocycles. The molecule has 0 aliphatic rings. The molecule has 0 amide bonds. The molecule has 0 spiro atoms. The van der Waals surface area contributed by atoms with Crippen LogP contribution in [-0.4, -0.2) is 26.3 Å². The van der Waals surface area contributed by atoms with Gasteiger partial charge in [-0.3, -0.25) is 0 Å². The molecule has 0 aliphatic heterocycles. The molecule has 0 aromatic heterocycles. The lowest BCUT2D eigenvalue weighted by molar-refractivity contribution is 0.466. The first-order valence-corrected chi connectivity index (χ1v) is 7.91. The number of likely N-dealkylation sites (N-methyl/N-ethyl adjacent to an activating group) is 1. The van der Waals surface area contributed by atoms with Crippen LogP contribution in [0.25, 0.3) is 0 Å². The van der Waals surface area contributed by atoms with Crippen molar-refractivity contribution in [3.8, 4) is 0 Å². The Balaban J connectivity index is 2.19. The van der Waals surface area contributed by atoms with Crippen LogP contribution in [0.1, 0.15) is 5.56 Å². The molecule has 112 valence electrons. The third kappa shape index (κ3) is 3.40. The van der Waals surface area contributed by atoms with Crippen LogP contribution in [0, 0.1) is 5.82 Å². The average Bonchev–Trinajstić information content (AvgIpc) is 2.45. The SMILES string of the molecule is CN(CCc1ccccc1)S(=O)(=O)c1c(N)cccc1F. The van der Waals surface area contributed by atoms with Gasteiger partial charge in [0.1, 0.15) is 10.7 Å². The van der Waals surface area contributed by atoms with Gasteiger partial charge >= 0.3 is 0 Å². The molecule has 0 radical (unpaired) electrons. The fraction of sp³-hybridized carbons (Fsp3) is 0.200. The lowest BCUT2D eigenvalue weighted by Gasteiger charge is -2.18. The minimum absolute atomic E-state index is 0.0819. The Morgan fingerprint density at radius 3 is 2.38 bits per heavy atom. The molecule has 2 N–H and O–H groups in total. The lowest BCUT2D eigenvalue weighted by atomic mass is 10.2. The number of sulfonamides is 1. The number of rotatable bonds is 5. The Morgan fingerprint density at radius 2 is 1.76 bits per heavy atom. The minimum atomic E-state index is -3.94. The zero-order chi connectivity index (χ0) is 15.5. The third-order valence-electron chi connectivity index (χ3n) is 3.22. The third-order valence-corrected chi connectivity index (χ3v) is 5.17. The maximum atomic E-state index is 13.8. The quantitative estimate of drug-likeness (QED) is 0.862. The predicted octanol–water partition coefficient (Wildman–Crippen LogP) is 2.27. The van der Waals surface area contributed by atoms with Crippen molar-refractivity contribution < 1.29 is 12.8 Å². The van der Waals surface area contributed by atoms with Crippen molar-refractivity contribution in [1.82, 2.24) is 4.31 Å². The summed E-state index contributed by atoms with van der Waals surface area (Å²) in [5.41, 5.74) is 6.54. The highest BCUT2D eigenvalue weighted by Crippen LogP contribution is 2.24. The number of nitrogen functional groups attached to an aromatic ring is 1. The molecule has 6 heteroatoms. The van der Waals surface area contributed by atoms with Gasteiger partial charge in [-0.1, -0.05) is 36.4 Å². The number of halogens is 1. The van der Waals surface area contributed by atoms with Gasteiger partial charge in [-0.15, -0.1) is 0 Å². The Morgan fingerprint density at radius 1 is 1.10 bits per heavy atom. The van der Waals surface area contributed by atoms with Crippen molar-refractivity contribution in [2.24, 2.45) is 0 Å². The van der Waals surface area contributed by atoms with E-state index in [1.165, 1.54) is 19.2 Å². The van der Waals surface area contributed by atoms with Crippen LogP contribution in [0.4, 0.5) is 10.1 Å². The van der Waals surface area contributed by atoms with Gasteiger partial charge in [0.15, 0.2) is 0 Å². The zero-order valence-electron chi connectivity index (χ0n) is 11.7. The number of nitrogens with two attached hydrogens (primary N) is 1. The summed E-state index contributed by atoms with van der Waals surface area (Å²) in [7, 11) is -2.52. The molecule has 21 heavy (non-hydrogen) atoms. The molecular weight excluding hydrogens is 291 g/mol. The second kappa shape index (κ2) is 6.24. The number of benzene rings is 2. The van der Waals surface area contributed by atoms with Crippen LogP contribution in [0.5, 0.6) is 0 Å². The normalized spacial score (nSPS) is 11.8. The Labute approximate surface area is 124 Å². The number of nitrogens with zero attached hydrogens (tertiary/aromatic N) is 1. The summed E-state index contributed by atoms with van der Waals surface area (Å²) >= 11 is 0. The van der Waals surface area contributed by atoms with Gasteiger partial charge in [-0.2, -0.15) is 0 Å². The molecule has 4 nitrogen and oxygen atoms in total. The van der Waals surface area contributed by atoms with E-state index in [-0.39, 0.29) is 12.2 Å². The van der Waals surface area contributed by atoms with Crippen LogP contribution >= 0.6 is 0 Å². The van der Waals surface area contributed by atoms with E-state index in [4.69, 9.17) is 5.73 Å². The van der Waals surface area contributed by atoms with E-state index in [2.05, 4.69) is 0 Å². The Bertz CT molecular complexity index is 697. The average molecular weight is 308 g/mol. The van der Waals surface area contributed by atoms with Crippen LogP contribution in [0.3, 0.4) is 0 Å². The van der Waals surface area contributed by atoms with E-state index in [9.17, 15) is 12.8 Å². The van der Waals surface area contributed by atoms with E-state index in [1.54, 1.807) is 0 Å². The summed E-state index contributed by atoms with van der Waals surface area (Å²) in [5, 5.41) is 0. The van der Waals surface area contributed by atoms with Crippen molar-refractivity contribution in [3.63, 3.8) is 0 Å². The largest absolute Gasteiger partial charge is 0.398 e. The van der Waals surface area contributed by atoms with Gasteiger partial charge in [-0.25, -0.2) is 17.1 Å². The molecule has 0 unspecified atom stereocenters. The van der Waals surface area contributed by atoms with Crippen LogP contribution in [0.2, 0.25) is 0 Å². The molecule has 0 heterocycles. The van der Waals surface area contributed by atoms with Crippen LogP contribution in [0.15, 0.2) is 53.4 Å². The lowest BCUT2D eigenvalue weighted by Crippen LogP contribution is -2.30. The second-order valence-corrected chi connectivity index (χ2v) is 6.70. The first-order chi connectivity index (χ1) is 9.93. The number of anilines is 1. The first kappa shape index (κ1) is 15.5. The monoisotopic (exact) mass is 308 g/mol. The summed E-state index contributed by atoms with van der Waals surface area (Å²) < 4.78 is 39.7. The molecule has 0 aliphatic carbocycles. The fourth-order valence-corrected chi connectivity index (χ4v) is 3.33. The molecule has 2 aromatic rings.